The van der Waals surface area contributed by atoms with Crippen LogP contribution in [0.15, 0.2) is 78.4 Å². The summed E-state index contributed by atoms with van der Waals surface area (Å²) in [7, 11) is 0. The Balaban J connectivity index is 1.63. The minimum Gasteiger partial charge on any atom is -0.493 e. The van der Waals surface area contributed by atoms with Gasteiger partial charge < -0.3 is 24.4 Å². The van der Waals surface area contributed by atoms with Crippen molar-refractivity contribution in [3.05, 3.63) is 101 Å². The number of esters is 2. The SMILES string of the molecule is C=C(C)C(=O)OCCCc1cc(-c2ccc(C3C=CC(C4CCC(CCCC)CC4)=CC3)cc2CC)cc(CCCOC(=O)C(=C)C)c1OCCC(CO)(CO)CCC. The number of ether oxygens (including phenoxy) is 3. The summed E-state index contributed by atoms with van der Waals surface area (Å²) in [5.41, 5.74) is 8.51. The fourth-order valence-corrected chi connectivity index (χ4v) is 8.84. The van der Waals surface area contributed by atoms with Crippen molar-refractivity contribution in [2.75, 3.05) is 33.0 Å². The predicted octanol–water partition coefficient (Wildman–Crippen LogP) is 11.5. The van der Waals surface area contributed by atoms with E-state index in [2.05, 4.69) is 75.6 Å². The lowest BCUT2D eigenvalue weighted by Crippen LogP contribution is -2.31. The zero-order valence-electron chi connectivity index (χ0n) is 37.0. The Bertz CT molecular complexity index is 1700. The second-order valence-electron chi connectivity index (χ2n) is 17.4. The second kappa shape index (κ2) is 24.3. The van der Waals surface area contributed by atoms with Gasteiger partial charge in [-0.1, -0.05) is 96.0 Å². The molecule has 2 aromatic rings. The highest BCUT2D eigenvalue weighted by atomic mass is 16.5. The van der Waals surface area contributed by atoms with Crippen LogP contribution in [0.3, 0.4) is 0 Å². The van der Waals surface area contributed by atoms with E-state index < -0.39 is 17.4 Å². The molecule has 1 saturated carbocycles. The highest BCUT2D eigenvalue weighted by Gasteiger charge is 2.29. The van der Waals surface area contributed by atoms with E-state index in [0.29, 0.717) is 68.1 Å². The lowest BCUT2D eigenvalue weighted by Gasteiger charge is -2.31. The average Bonchev–Trinajstić information content (AvgIpc) is 3.25. The number of aliphatic hydroxyl groups is 2. The maximum atomic E-state index is 12.2. The molecule has 4 rings (SSSR count). The molecule has 2 aliphatic carbocycles. The molecule has 0 bridgehead atoms. The van der Waals surface area contributed by atoms with Gasteiger partial charge in [0.2, 0.25) is 0 Å². The van der Waals surface area contributed by atoms with Gasteiger partial charge in [-0.2, -0.15) is 0 Å². The van der Waals surface area contributed by atoms with Gasteiger partial charge in [0, 0.05) is 22.5 Å². The maximum Gasteiger partial charge on any atom is 0.333 e. The fraction of sp³-hybridized carbons (Fsp3) is 0.577. The molecule has 0 saturated heterocycles. The molecule has 2 aliphatic rings. The van der Waals surface area contributed by atoms with Gasteiger partial charge in [-0.15, -0.1) is 0 Å². The summed E-state index contributed by atoms with van der Waals surface area (Å²) in [6.45, 7) is 17.8. The number of rotatable bonds is 25. The molecule has 324 valence electrons. The van der Waals surface area contributed by atoms with E-state index in [1.807, 2.05) is 6.92 Å². The van der Waals surface area contributed by atoms with Gasteiger partial charge in [0.25, 0.3) is 0 Å². The van der Waals surface area contributed by atoms with Crippen molar-refractivity contribution in [3.8, 4) is 16.9 Å². The third-order valence-electron chi connectivity index (χ3n) is 12.6. The molecule has 7 heteroatoms. The van der Waals surface area contributed by atoms with Crippen LogP contribution in [0, 0.1) is 17.3 Å². The molecule has 1 unspecified atom stereocenters. The molecule has 0 amide bonds. The highest BCUT2D eigenvalue weighted by molar-refractivity contribution is 5.87. The van der Waals surface area contributed by atoms with Crippen LogP contribution in [-0.2, 0) is 38.3 Å². The molecule has 2 N–H and O–H groups in total. The van der Waals surface area contributed by atoms with Gasteiger partial charge >= 0.3 is 11.9 Å². The number of benzene rings is 2. The topological polar surface area (TPSA) is 102 Å². The van der Waals surface area contributed by atoms with Gasteiger partial charge in [-0.05, 0) is 154 Å². The first-order chi connectivity index (χ1) is 28.5. The molecule has 1 fully saturated rings. The first kappa shape index (κ1) is 47.7. The molecule has 59 heavy (non-hydrogen) atoms. The van der Waals surface area contributed by atoms with E-state index in [1.165, 1.54) is 67.2 Å². The number of carbonyl (C=O) groups excluding carboxylic acids is 2. The molecular weight excluding hydrogens is 737 g/mol. The molecular formula is C52H74O7. The maximum absolute atomic E-state index is 12.2. The lowest BCUT2D eigenvalue weighted by molar-refractivity contribution is -0.139. The normalized spacial score (nSPS) is 17.9. The van der Waals surface area contributed by atoms with Crippen LogP contribution in [0.5, 0.6) is 5.75 Å². The van der Waals surface area contributed by atoms with Crippen molar-refractivity contribution < 1.29 is 34.0 Å². The van der Waals surface area contributed by atoms with Crippen molar-refractivity contribution in [2.45, 2.75) is 143 Å². The van der Waals surface area contributed by atoms with Crippen LogP contribution in [0.25, 0.3) is 11.1 Å². The standard InChI is InChI=1S/C52H74O7/c1-8-11-14-39-17-19-41(20-18-39)42-21-23-43(24-22-42)44-25-26-48(40(10-3)32-44)47-33-45(15-12-29-58-50(55)37(4)5)49(57-31-28-52(35-53,36-54)27-9-2)46(34-47)16-13-30-59-51(56)38(6)7/h21-23,25-26,32-34,39,41,43,53-54H,4,6,8-20,24,27-31,35-36H2,1-3,5,7H3. The number of hydrogen-bond acceptors (Lipinski definition) is 7. The lowest BCUT2D eigenvalue weighted by atomic mass is 9.75. The molecule has 1 atom stereocenters. The quantitative estimate of drug-likeness (QED) is 0.0585. The average molecular weight is 811 g/mol. The van der Waals surface area contributed by atoms with Crippen LogP contribution in [0.2, 0.25) is 0 Å². The number of aryl methyl sites for hydroxylation is 3. The van der Waals surface area contributed by atoms with E-state index in [-0.39, 0.29) is 26.4 Å². The Morgan fingerprint density at radius 1 is 0.780 bits per heavy atom. The first-order valence-electron chi connectivity index (χ1n) is 22.6. The molecule has 2 aromatic carbocycles. The number of unbranched alkanes of at least 4 members (excludes halogenated alkanes) is 1. The Kier molecular flexibility index (Phi) is 19.7. The number of allylic oxidation sites excluding steroid dienone is 4. The van der Waals surface area contributed by atoms with Crippen LogP contribution in [-0.4, -0.2) is 55.2 Å². The van der Waals surface area contributed by atoms with Gasteiger partial charge in [-0.25, -0.2) is 9.59 Å². The first-order valence-corrected chi connectivity index (χ1v) is 22.6. The Morgan fingerprint density at radius 2 is 1.41 bits per heavy atom. The molecule has 7 nitrogen and oxygen atoms in total. The van der Waals surface area contributed by atoms with E-state index in [4.69, 9.17) is 14.2 Å². The van der Waals surface area contributed by atoms with Crippen LogP contribution in [0.1, 0.15) is 146 Å². The summed E-state index contributed by atoms with van der Waals surface area (Å²) in [5.74, 6) is 1.92. The van der Waals surface area contributed by atoms with Crippen LogP contribution >= 0.6 is 0 Å². The van der Waals surface area contributed by atoms with Crippen molar-refractivity contribution in [1.82, 2.24) is 0 Å². The summed E-state index contributed by atoms with van der Waals surface area (Å²) >= 11 is 0. The fourth-order valence-electron chi connectivity index (χ4n) is 8.84. The summed E-state index contributed by atoms with van der Waals surface area (Å²) in [6.07, 6.45) is 23.1. The minimum absolute atomic E-state index is 0.120. The Hall–Kier alpha value is -3.94. The van der Waals surface area contributed by atoms with Gasteiger partial charge in [0.05, 0.1) is 33.0 Å². The van der Waals surface area contributed by atoms with Gasteiger partial charge in [-0.3, -0.25) is 0 Å². The molecule has 0 radical (unpaired) electrons. The van der Waals surface area contributed by atoms with Crippen LogP contribution < -0.4 is 4.74 Å². The third-order valence-corrected chi connectivity index (χ3v) is 12.6. The molecule has 0 aromatic heterocycles. The van der Waals surface area contributed by atoms with Crippen LogP contribution in [0.4, 0.5) is 0 Å². The highest BCUT2D eigenvalue weighted by Crippen LogP contribution is 2.41. The van der Waals surface area contributed by atoms with Gasteiger partial charge in [0.15, 0.2) is 0 Å². The van der Waals surface area contributed by atoms with E-state index in [0.717, 1.165) is 47.6 Å². The predicted molar refractivity (Wildman–Crippen MR) is 241 cm³/mol. The van der Waals surface area contributed by atoms with Gasteiger partial charge in [0.1, 0.15) is 5.75 Å². The smallest absolute Gasteiger partial charge is 0.333 e. The largest absolute Gasteiger partial charge is 0.493 e. The summed E-state index contributed by atoms with van der Waals surface area (Å²) in [6, 6.07) is 11.4. The van der Waals surface area contributed by atoms with E-state index in [1.54, 1.807) is 13.8 Å². The second-order valence-corrected chi connectivity index (χ2v) is 17.4. The number of carbonyl (C=O) groups is 2. The zero-order chi connectivity index (χ0) is 42.8. The summed E-state index contributed by atoms with van der Waals surface area (Å²) < 4.78 is 17.6. The molecule has 0 spiro atoms. The Labute approximate surface area is 356 Å². The summed E-state index contributed by atoms with van der Waals surface area (Å²) in [4.78, 5) is 24.4. The third kappa shape index (κ3) is 14.1. The van der Waals surface area contributed by atoms with E-state index in [9.17, 15) is 19.8 Å². The van der Waals surface area contributed by atoms with E-state index >= 15 is 0 Å². The van der Waals surface area contributed by atoms with Crippen molar-refractivity contribution >= 4 is 11.9 Å². The number of aliphatic hydroxyl groups excluding tert-OH is 2. The molecule has 0 heterocycles. The van der Waals surface area contributed by atoms with Crippen molar-refractivity contribution in [3.63, 3.8) is 0 Å². The number of hydrogen-bond donors (Lipinski definition) is 2. The Morgan fingerprint density at radius 3 is 1.92 bits per heavy atom. The monoisotopic (exact) mass is 811 g/mol. The molecule has 0 aliphatic heterocycles. The zero-order valence-corrected chi connectivity index (χ0v) is 37.0. The minimum atomic E-state index is -0.626. The summed E-state index contributed by atoms with van der Waals surface area (Å²) in [5, 5.41) is 20.5. The van der Waals surface area contributed by atoms with Crippen molar-refractivity contribution in [1.29, 1.82) is 0 Å². The van der Waals surface area contributed by atoms with Crippen molar-refractivity contribution in [2.24, 2.45) is 17.3 Å².